The highest BCUT2D eigenvalue weighted by molar-refractivity contribution is 7.14. The molecule has 0 bridgehead atoms. The topological polar surface area (TPSA) is 88.9 Å². The van der Waals surface area contributed by atoms with Crippen molar-refractivity contribution in [3.63, 3.8) is 0 Å². The molecule has 2 aromatic heterocycles. The molecule has 0 saturated heterocycles. The summed E-state index contributed by atoms with van der Waals surface area (Å²) in [7, 11) is 0. The first-order valence-electron chi connectivity index (χ1n) is 8.36. The molecule has 0 saturated carbocycles. The third-order valence-corrected chi connectivity index (χ3v) is 5.85. The molecule has 2 heterocycles. The van der Waals surface area contributed by atoms with Crippen LogP contribution in [0.2, 0.25) is 0 Å². The van der Waals surface area contributed by atoms with E-state index >= 15 is 0 Å². The quantitative estimate of drug-likeness (QED) is 0.818. The third-order valence-electron chi connectivity index (χ3n) is 4.62. The van der Waals surface area contributed by atoms with Gasteiger partial charge in [0.1, 0.15) is 19.2 Å². The van der Waals surface area contributed by atoms with Crippen LogP contribution in [-0.4, -0.2) is 26.6 Å². The van der Waals surface area contributed by atoms with Crippen LogP contribution in [0, 0.1) is 11.3 Å². The van der Waals surface area contributed by atoms with Gasteiger partial charge in [0.05, 0.1) is 4.88 Å². The van der Waals surface area contributed by atoms with E-state index < -0.39 is 0 Å². The minimum atomic E-state index is -0.354. The first-order valence-corrected chi connectivity index (χ1v) is 9.18. The maximum Gasteiger partial charge on any atom is 0.279 e. The molecule has 1 aliphatic rings. The van der Waals surface area contributed by atoms with Crippen molar-refractivity contribution in [1.82, 2.24) is 25.6 Å². The highest BCUT2D eigenvalue weighted by Gasteiger charge is 2.30. The van der Waals surface area contributed by atoms with E-state index in [0.29, 0.717) is 10.8 Å². The van der Waals surface area contributed by atoms with Gasteiger partial charge in [0.2, 0.25) is 0 Å². The van der Waals surface area contributed by atoms with Crippen LogP contribution >= 0.6 is 11.3 Å². The van der Waals surface area contributed by atoms with Crippen LogP contribution in [0.5, 0.6) is 0 Å². The van der Waals surface area contributed by atoms with E-state index in [0.717, 1.165) is 19.3 Å². The molecule has 0 spiro atoms. The zero-order valence-electron chi connectivity index (χ0n) is 14.7. The molecule has 7 nitrogen and oxygen atoms in total. The lowest BCUT2D eigenvalue weighted by atomic mass is 9.72. The molecule has 0 radical (unpaired) electrons. The highest BCUT2D eigenvalue weighted by atomic mass is 32.1. The van der Waals surface area contributed by atoms with Gasteiger partial charge in [0.25, 0.3) is 11.8 Å². The Hall–Kier alpha value is -2.22. The average Bonchev–Trinajstić information content (AvgIpc) is 3.19. The Morgan fingerprint density at radius 1 is 1.36 bits per heavy atom. The molecule has 1 aliphatic carbocycles. The van der Waals surface area contributed by atoms with Crippen LogP contribution in [0.25, 0.3) is 0 Å². The summed E-state index contributed by atoms with van der Waals surface area (Å²) in [4.78, 5) is 29.8. The van der Waals surface area contributed by atoms with Gasteiger partial charge in [-0.1, -0.05) is 20.8 Å². The number of carbonyl (C=O) groups is 2. The summed E-state index contributed by atoms with van der Waals surface area (Å²) in [6.07, 6.45) is 6.00. The Bertz CT molecular complexity index is 761. The standard InChI is InChI=1S/C17H23N5O2S/c1-17(2,3)12-4-5-13-11(6-12)7-14(25-13)16(24)21-20-15(23)8-22-10-18-9-19-22/h7,9-10,12H,4-6,8H2,1-3H3,(H,20,23)(H,21,24). The maximum atomic E-state index is 12.3. The van der Waals surface area contributed by atoms with Crippen molar-refractivity contribution < 1.29 is 9.59 Å². The first kappa shape index (κ1) is 17.6. The SMILES string of the molecule is CC(C)(C)C1CCc2sc(C(=O)NNC(=O)Cn3cncn3)cc2C1. The molecule has 2 amide bonds. The van der Waals surface area contributed by atoms with Gasteiger partial charge >= 0.3 is 0 Å². The first-order chi connectivity index (χ1) is 11.8. The number of carbonyl (C=O) groups excluding carboxylic acids is 2. The molecule has 25 heavy (non-hydrogen) atoms. The number of aromatic nitrogens is 3. The number of nitrogens with zero attached hydrogens (tertiary/aromatic N) is 3. The predicted octanol–water partition coefficient (Wildman–Crippen LogP) is 1.95. The fraction of sp³-hybridized carbons (Fsp3) is 0.529. The van der Waals surface area contributed by atoms with Gasteiger partial charge in [-0.15, -0.1) is 11.3 Å². The predicted molar refractivity (Wildman–Crippen MR) is 94.9 cm³/mol. The van der Waals surface area contributed by atoms with Crippen LogP contribution in [0.15, 0.2) is 18.7 Å². The van der Waals surface area contributed by atoms with E-state index in [2.05, 4.69) is 41.7 Å². The van der Waals surface area contributed by atoms with Gasteiger partial charge in [-0.25, -0.2) is 9.67 Å². The van der Waals surface area contributed by atoms with Gasteiger partial charge in [-0.05, 0) is 42.2 Å². The number of thiophene rings is 1. The van der Waals surface area contributed by atoms with Crippen molar-refractivity contribution in [2.75, 3.05) is 0 Å². The Balaban J connectivity index is 1.57. The second-order valence-electron chi connectivity index (χ2n) is 7.46. The number of nitrogens with one attached hydrogen (secondary N) is 2. The Morgan fingerprint density at radius 2 is 2.16 bits per heavy atom. The minimum absolute atomic E-state index is 0.00842. The molecule has 3 rings (SSSR count). The lowest BCUT2D eigenvalue weighted by Crippen LogP contribution is -2.43. The zero-order chi connectivity index (χ0) is 18.0. The van der Waals surface area contributed by atoms with Gasteiger partial charge in [0, 0.05) is 4.88 Å². The fourth-order valence-corrected chi connectivity index (χ4v) is 4.17. The summed E-state index contributed by atoms with van der Waals surface area (Å²) >= 11 is 1.52. The van der Waals surface area contributed by atoms with E-state index in [1.165, 1.54) is 39.1 Å². The van der Waals surface area contributed by atoms with Crippen LogP contribution < -0.4 is 10.9 Å². The van der Waals surface area contributed by atoms with Crippen LogP contribution in [-0.2, 0) is 24.2 Å². The molecule has 2 N–H and O–H groups in total. The monoisotopic (exact) mass is 361 g/mol. The van der Waals surface area contributed by atoms with Crippen molar-refractivity contribution in [1.29, 1.82) is 0 Å². The normalized spacial score (nSPS) is 17.0. The molecule has 0 fully saturated rings. The second kappa shape index (κ2) is 6.95. The molecule has 0 aliphatic heterocycles. The number of amides is 2. The van der Waals surface area contributed by atoms with Crippen LogP contribution in [0.3, 0.4) is 0 Å². The maximum absolute atomic E-state index is 12.3. The number of hydrogen-bond acceptors (Lipinski definition) is 5. The van der Waals surface area contributed by atoms with Crippen molar-refractivity contribution in [2.45, 2.75) is 46.6 Å². The molecular weight excluding hydrogens is 338 g/mol. The Morgan fingerprint density at radius 3 is 2.84 bits per heavy atom. The van der Waals surface area contributed by atoms with E-state index in [-0.39, 0.29) is 23.8 Å². The Labute approximate surface area is 150 Å². The number of hydrogen-bond donors (Lipinski definition) is 2. The largest absolute Gasteiger partial charge is 0.279 e. The highest BCUT2D eigenvalue weighted by Crippen LogP contribution is 2.39. The molecule has 1 atom stereocenters. The average molecular weight is 361 g/mol. The smallest absolute Gasteiger partial charge is 0.271 e. The van der Waals surface area contributed by atoms with Crippen molar-refractivity contribution in [2.24, 2.45) is 11.3 Å². The summed E-state index contributed by atoms with van der Waals surface area (Å²) < 4.78 is 1.39. The molecule has 2 aromatic rings. The lowest BCUT2D eigenvalue weighted by molar-refractivity contribution is -0.122. The van der Waals surface area contributed by atoms with Crippen LogP contribution in [0.1, 0.15) is 47.3 Å². The van der Waals surface area contributed by atoms with Crippen molar-refractivity contribution in [3.8, 4) is 0 Å². The molecule has 134 valence electrons. The van der Waals surface area contributed by atoms with E-state index in [1.807, 2.05) is 6.07 Å². The van der Waals surface area contributed by atoms with Crippen molar-refractivity contribution >= 4 is 23.2 Å². The molecule has 1 unspecified atom stereocenters. The van der Waals surface area contributed by atoms with Gasteiger partial charge in [-0.2, -0.15) is 5.10 Å². The number of hydrazine groups is 1. The van der Waals surface area contributed by atoms with E-state index in [1.54, 1.807) is 0 Å². The number of rotatable bonds is 3. The minimum Gasteiger partial charge on any atom is -0.271 e. The summed E-state index contributed by atoms with van der Waals surface area (Å²) in [6, 6.07) is 1.97. The molecule has 0 aromatic carbocycles. The van der Waals surface area contributed by atoms with E-state index in [9.17, 15) is 9.59 Å². The number of aryl methyl sites for hydroxylation is 1. The Kier molecular flexibility index (Phi) is 4.89. The summed E-state index contributed by atoms with van der Waals surface area (Å²) in [5, 5.41) is 3.85. The lowest BCUT2D eigenvalue weighted by Gasteiger charge is -2.33. The second-order valence-corrected chi connectivity index (χ2v) is 8.60. The molecular formula is C17H23N5O2S. The zero-order valence-corrected chi connectivity index (χ0v) is 15.5. The van der Waals surface area contributed by atoms with Gasteiger partial charge in [-0.3, -0.25) is 20.4 Å². The summed E-state index contributed by atoms with van der Waals surface area (Å²) in [5.41, 5.74) is 6.43. The summed E-state index contributed by atoms with van der Waals surface area (Å²) in [6.45, 7) is 6.82. The van der Waals surface area contributed by atoms with Crippen LogP contribution in [0.4, 0.5) is 0 Å². The van der Waals surface area contributed by atoms with E-state index in [4.69, 9.17) is 0 Å². The molecule has 8 heteroatoms. The number of fused-ring (bicyclic) bond motifs is 1. The van der Waals surface area contributed by atoms with Crippen molar-refractivity contribution in [3.05, 3.63) is 34.0 Å². The van der Waals surface area contributed by atoms with Gasteiger partial charge in [0.15, 0.2) is 0 Å². The fourth-order valence-electron chi connectivity index (χ4n) is 3.06. The third kappa shape index (κ3) is 4.25. The summed E-state index contributed by atoms with van der Waals surface area (Å²) in [5.74, 6) is -0.000454. The van der Waals surface area contributed by atoms with Gasteiger partial charge < -0.3 is 0 Å².